The monoisotopic (exact) mass is 425 g/mol. The Morgan fingerprint density at radius 2 is 1.32 bits per heavy atom. The fraction of sp³-hybridized carbons (Fsp3) is 0.0526. The lowest BCUT2D eigenvalue weighted by molar-refractivity contribution is -0.383. The highest BCUT2D eigenvalue weighted by molar-refractivity contribution is 5.96. The van der Waals surface area contributed by atoms with E-state index in [0.29, 0.717) is 5.56 Å². The van der Waals surface area contributed by atoms with Gasteiger partial charge in [0.25, 0.3) is 11.8 Å². The van der Waals surface area contributed by atoms with E-state index in [0.717, 1.165) is 24.0 Å². The minimum atomic E-state index is -0.785. The molecule has 0 spiro atoms. The van der Waals surface area contributed by atoms with Crippen molar-refractivity contribution in [3.63, 3.8) is 0 Å². The highest BCUT2D eigenvalue weighted by Crippen LogP contribution is 2.27. The molecule has 0 unspecified atom stereocenters. The molecule has 0 saturated heterocycles. The number of hydrazine groups is 2. The minimum absolute atomic E-state index is 0.120. The number of carbonyl (C=O) groups is 2. The number of aryl methyl sites for hydroxylation is 1. The van der Waals surface area contributed by atoms with Gasteiger partial charge in [0.2, 0.25) is 11.6 Å². The number of anilines is 2. The fourth-order valence-electron chi connectivity index (χ4n) is 2.42. The van der Waals surface area contributed by atoms with Crippen molar-refractivity contribution in [3.05, 3.63) is 87.5 Å². The second kappa shape index (κ2) is 9.26. The highest BCUT2D eigenvalue weighted by Gasteiger charge is 2.24. The van der Waals surface area contributed by atoms with Gasteiger partial charge in [-0.1, -0.05) is 17.7 Å². The smallest absolute Gasteiger partial charge is 0.276 e. The van der Waals surface area contributed by atoms with Gasteiger partial charge in [0, 0.05) is 11.1 Å². The molecule has 2 aromatic carbocycles. The molecule has 11 nitrogen and oxygen atoms in total. The van der Waals surface area contributed by atoms with Crippen LogP contribution in [-0.4, -0.2) is 26.7 Å². The van der Waals surface area contributed by atoms with Crippen LogP contribution in [-0.2, 0) is 0 Å². The zero-order valence-electron chi connectivity index (χ0n) is 16.0. The van der Waals surface area contributed by atoms with Gasteiger partial charge >= 0.3 is 5.69 Å². The van der Waals surface area contributed by atoms with Gasteiger partial charge in [0.15, 0.2) is 0 Å². The van der Waals surface area contributed by atoms with E-state index in [1.165, 1.54) is 12.1 Å². The van der Waals surface area contributed by atoms with Crippen molar-refractivity contribution in [3.8, 4) is 0 Å². The molecule has 3 aromatic rings. The molecule has 12 heteroatoms. The lowest BCUT2D eigenvalue weighted by atomic mass is 10.1. The normalized spacial score (nSPS) is 10.1. The summed E-state index contributed by atoms with van der Waals surface area (Å²) in [7, 11) is 0. The summed E-state index contributed by atoms with van der Waals surface area (Å²) in [6.45, 7) is 1.87. The molecule has 0 saturated carbocycles. The van der Waals surface area contributed by atoms with Gasteiger partial charge in [-0.3, -0.25) is 41.4 Å². The van der Waals surface area contributed by atoms with Crippen LogP contribution >= 0.6 is 0 Å². The maximum atomic E-state index is 13.0. The van der Waals surface area contributed by atoms with Crippen LogP contribution in [0, 0.1) is 22.9 Å². The van der Waals surface area contributed by atoms with E-state index in [1.807, 2.05) is 6.92 Å². The van der Waals surface area contributed by atoms with Crippen LogP contribution in [0.4, 0.5) is 21.7 Å². The van der Waals surface area contributed by atoms with Crippen LogP contribution in [0.25, 0.3) is 0 Å². The lowest BCUT2D eigenvalue weighted by Crippen LogP contribution is -2.32. The van der Waals surface area contributed by atoms with Gasteiger partial charge in [-0.25, -0.2) is 14.4 Å². The van der Waals surface area contributed by atoms with Gasteiger partial charge in [0.05, 0.1) is 4.92 Å². The van der Waals surface area contributed by atoms with Crippen molar-refractivity contribution in [2.24, 2.45) is 0 Å². The first kappa shape index (κ1) is 21.1. The molecule has 0 atom stereocenters. The Kier molecular flexibility index (Phi) is 6.30. The molecule has 0 aliphatic heterocycles. The van der Waals surface area contributed by atoms with Gasteiger partial charge in [-0.15, -0.1) is 0 Å². The minimum Gasteiger partial charge on any atom is -0.276 e. The van der Waals surface area contributed by atoms with Gasteiger partial charge in [-0.05, 0) is 43.3 Å². The van der Waals surface area contributed by atoms with Gasteiger partial charge < -0.3 is 0 Å². The predicted octanol–water partition coefficient (Wildman–Crippen LogP) is 2.35. The zero-order chi connectivity index (χ0) is 22.4. The Balaban J connectivity index is 1.72. The Hall–Kier alpha value is -4.61. The Morgan fingerprint density at radius 3 is 1.77 bits per heavy atom. The molecule has 2 amide bonds. The number of amides is 2. The molecule has 31 heavy (non-hydrogen) atoms. The van der Waals surface area contributed by atoms with E-state index in [1.54, 1.807) is 24.3 Å². The van der Waals surface area contributed by atoms with Crippen LogP contribution in [0.1, 0.15) is 26.3 Å². The topological polar surface area (TPSA) is 151 Å². The summed E-state index contributed by atoms with van der Waals surface area (Å²) in [5.41, 5.74) is 10.1. The van der Waals surface area contributed by atoms with E-state index in [-0.39, 0.29) is 17.2 Å². The van der Waals surface area contributed by atoms with E-state index >= 15 is 0 Å². The van der Waals surface area contributed by atoms with E-state index < -0.39 is 28.2 Å². The molecule has 0 fully saturated rings. The molecule has 1 aromatic heterocycles. The maximum absolute atomic E-state index is 13.0. The molecular formula is C19H16FN7O4. The number of halogens is 1. The number of hydrogen-bond acceptors (Lipinski definition) is 8. The van der Waals surface area contributed by atoms with E-state index in [4.69, 9.17) is 0 Å². The van der Waals surface area contributed by atoms with Crippen molar-refractivity contribution < 1.29 is 18.9 Å². The SMILES string of the molecule is Cc1ccc(C(=O)NNc2ncnc(NNC(=O)c3ccc(F)cc3)c2[N+](=O)[O-])cc1. The average molecular weight is 425 g/mol. The number of benzene rings is 2. The number of nitro groups is 1. The van der Waals surface area contributed by atoms with Crippen molar-refractivity contribution in [2.45, 2.75) is 6.92 Å². The van der Waals surface area contributed by atoms with Crippen LogP contribution in [0.3, 0.4) is 0 Å². The van der Waals surface area contributed by atoms with E-state index in [9.17, 15) is 24.1 Å². The average Bonchev–Trinajstić information content (AvgIpc) is 2.76. The summed E-state index contributed by atoms with van der Waals surface area (Å²) in [5, 5.41) is 11.5. The Bertz CT molecular complexity index is 1040. The molecular weight excluding hydrogens is 409 g/mol. The highest BCUT2D eigenvalue weighted by atomic mass is 19.1. The third-order valence-corrected chi connectivity index (χ3v) is 4.01. The summed E-state index contributed by atoms with van der Waals surface area (Å²) in [6.07, 6.45) is 1.000. The number of rotatable bonds is 7. The first-order chi connectivity index (χ1) is 14.8. The second-order valence-corrected chi connectivity index (χ2v) is 6.21. The molecule has 1 heterocycles. The summed E-state index contributed by atoms with van der Waals surface area (Å²) in [4.78, 5) is 42.6. The molecule has 0 aliphatic rings. The number of hydrogen-bond donors (Lipinski definition) is 4. The quantitative estimate of drug-likeness (QED) is 0.333. The molecule has 4 N–H and O–H groups in total. The molecule has 0 bridgehead atoms. The molecule has 0 radical (unpaired) electrons. The van der Waals surface area contributed by atoms with Crippen molar-refractivity contribution >= 4 is 29.1 Å². The number of carbonyl (C=O) groups excluding carboxylic acids is 2. The van der Waals surface area contributed by atoms with Crippen LogP contribution in [0.2, 0.25) is 0 Å². The first-order valence-electron chi connectivity index (χ1n) is 8.79. The van der Waals surface area contributed by atoms with E-state index in [2.05, 4.69) is 31.7 Å². The Labute approximate surface area is 174 Å². The summed E-state index contributed by atoms with van der Waals surface area (Å²) in [6, 6.07) is 11.4. The van der Waals surface area contributed by atoms with Crippen molar-refractivity contribution in [1.29, 1.82) is 0 Å². The third kappa shape index (κ3) is 5.26. The predicted molar refractivity (Wildman–Crippen MR) is 108 cm³/mol. The van der Waals surface area contributed by atoms with Gasteiger partial charge in [-0.2, -0.15) is 0 Å². The second-order valence-electron chi connectivity index (χ2n) is 6.21. The van der Waals surface area contributed by atoms with Gasteiger partial charge in [0.1, 0.15) is 12.1 Å². The first-order valence-corrected chi connectivity index (χ1v) is 8.79. The number of nitrogens with zero attached hydrogens (tertiary/aromatic N) is 3. The fourth-order valence-corrected chi connectivity index (χ4v) is 2.42. The van der Waals surface area contributed by atoms with Crippen molar-refractivity contribution in [1.82, 2.24) is 20.8 Å². The third-order valence-electron chi connectivity index (χ3n) is 4.01. The zero-order valence-corrected chi connectivity index (χ0v) is 16.0. The summed E-state index contributed by atoms with van der Waals surface area (Å²) < 4.78 is 13.0. The number of nitrogens with one attached hydrogen (secondary N) is 4. The molecule has 0 aliphatic carbocycles. The largest absolute Gasteiger partial charge is 0.356 e. The van der Waals surface area contributed by atoms with Crippen LogP contribution < -0.4 is 21.7 Å². The standard InChI is InChI=1S/C19H16FN7O4/c1-11-2-4-12(5-3-11)18(28)25-23-16-15(27(30)31)17(22-10-21-16)24-26-19(29)13-6-8-14(20)9-7-13/h2-10H,1H3,(H,25,28)(H,26,29)(H2,21,22,23,24). The number of aromatic nitrogens is 2. The summed E-state index contributed by atoms with van der Waals surface area (Å²) >= 11 is 0. The summed E-state index contributed by atoms with van der Waals surface area (Å²) in [5.74, 6) is -2.36. The molecule has 158 valence electrons. The lowest BCUT2D eigenvalue weighted by Gasteiger charge is -2.11. The molecule has 3 rings (SSSR count). The van der Waals surface area contributed by atoms with Crippen molar-refractivity contribution in [2.75, 3.05) is 10.9 Å². The van der Waals surface area contributed by atoms with Crippen LogP contribution in [0.5, 0.6) is 0 Å². The Morgan fingerprint density at radius 1 is 0.871 bits per heavy atom. The maximum Gasteiger partial charge on any atom is 0.356 e. The van der Waals surface area contributed by atoms with Crippen LogP contribution in [0.15, 0.2) is 54.9 Å².